The number of rotatable bonds is 6. The molecule has 4 nitrogen and oxygen atoms in total. The summed E-state index contributed by atoms with van der Waals surface area (Å²) in [6.07, 6.45) is 0.135. The number of hydrogen-bond acceptors (Lipinski definition) is 3. The Balaban J connectivity index is 2.70. The van der Waals surface area contributed by atoms with Gasteiger partial charge in [0.1, 0.15) is 11.8 Å². The van der Waals surface area contributed by atoms with Crippen LogP contribution in [0.1, 0.15) is 26.3 Å². The normalized spacial score (nSPS) is 12.8. The van der Waals surface area contributed by atoms with Gasteiger partial charge in [0.25, 0.3) is 0 Å². The van der Waals surface area contributed by atoms with Crippen LogP contribution in [0.25, 0.3) is 0 Å². The Kier molecular flexibility index (Phi) is 5.16. The van der Waals surface area contributed by atoms with Gasteiger partial charge < -0.3 is 9.84 Å². The van der Waals surface area contributed by atoms with Gasteiger partial charge in [0, 0.05) is 6.54 Å². The van der Waals surface area contributed by atoms with Crippen molar-refractivity contribution in [2.45, 2.75) is 39.5 Å². The molecule has 0 aliphatic heterocycles. The van der Waals surface area contributed by atoms with Gasteiger partial charge in [0.05, 0.1) is 6.10 Å². The fraction of sp³-hybridized carbons (Fsp3) is 0.500. The molecule has 1 N–H and O–H groups in total. The minimum Gasteiger partial charge on any atom is -0.491 e. The molecule has 0 amide bonds. The first-order chi connectivity index (χ1) is 8.40. The van der Waals surface area contributed by atoms with E-state index in [4.69, 9.17) is 9.84 Å². The number of carboxylic acid groups (broad SMARTS) is 1. The lowest BCUT2D eigenvalue weighted by atomic mass is 10.2. The van der Waals surface area contributed by atoms with Crippen molar-refractivity contribution in [2.75, 3.05) is 7.05 Å². The Morgan fingerprint density at radius 3 is 2.61 bits per heavy atom. The molecule has 1 rings (SSSR count). The smallest absolute Gasteiger partial charge is 0.320 e. The second-order valence-corrected chi connectivity index (χ2v) is 4.74. The number of likely N-dealkylation sites (N-methyl/N-ethyl adjacent to an activating group) is 1. The van der Waals surface area contributed by atoms with E-state index < -0.39 is 12.0 Å². The molecule has 0 saturated carbocycles. The molecule has 0 saturated heterocycles. The molecule has 0 fully saturated rings. The average Bonchev–Trinajstić information content (AvgIpc) is 2.27. The van der Waals surface area contributed by atoms with Gasteiger partial charge in [0.15, 0.2) is 0 Å². The summed E-state index contributed by atoms with van der Waals surface area (Å²) in [5.74, 6) is 0.00552. The standard InChI is InChI=1S/C14H21NO3/c1-10(2)18-13-7-5-6-12(8-13)9-15(4)11(3)14(16)17/h5-8,10-11H,9H2,1-4H3,(H,16,17). The molecule has 1 unspecified atom stereocenters. The highest BCUT2D eigenvalue weighted by atomic mass is 16.5. The molecule has 1 aromatic carbocycles. The number of aliphatic carboxylic acids is 1. The van der Waals surface area contributed by atoms with Crippen molar-refractivity contribution in [3.63, 3.8) is 0 Å². The topological polar surface area (TPSA) is 49.8 Å². The van der Waals surface area contributed by atoms with Crippen molar-refractivity contribution in [2.24, 2.45) is 0 Å². The van der Waals surface area contributed by atoms with Crippen LogP contribution in [0.3, 0.4) is 0 Å². The summed E-state index contributed by atoms with van der Waals surface area (Å²) in [7, 11) is 1.80. The predicted octanol–water partition coefficient (Wildman–Crippen LogP) is 2.38. The van der Waals surface area contributed by atoms with Crippen LogP contribution in [0.2, 0.25) is 0 Å². The maximum Gasteiger partial charge on any atom is 0.320 e. The molecule has 0 spiro atoms. The van der Waals surface area contributed by atoms with Crippen molar-refractivity contribution in [3.05, 3.63) is 29.8 Å². The summed E-state index contributed by atoms with van der Waals surface area (Å²) in [5, 5.41) is 8.94. The van der Waals surface area contributed by atoms with Gasteiger partial charge in [-0.1, -0.05) is 12.1 Å². The highest BCUT2D eigenvalue weighted by Crippen LogP contribution is 2.16. The summed E-state index contributed by atoms with van der Waals surface area (Å²) >= 11 is 0. The van der Waals surface area contributed by atoms with E-state index in [2.05, 4.69) is 0 Å². The van der Waals surface area contributed by atoms with E-state index in [1.807, 2.05) is 38.1 Å². The molecule has 0 aliphatic rings. The second kappa shape index (κ2) is 6.40. The van der Waals surface area contributed by atoms with E-state index in [0.717, 1.165) is 11.3 Å². The zero-order valence-corrected chi connectivity index (χ0v) is 11.4. The molecule has 0 aliphatic carbocycles. The van der Waals surface area contributed by atoms with E-state index in [-0.39, 0.29) is 6.10 Å². The lowest BCUT2D eigenvalue weighted by Crippen LogP contribution is -2.35. The third-order valence-corrected chi connectivity index (χ3v) is 2.72. The summed E-state index contributed by atoms with van der Waals surface area (Å²) in [6, 6.07) is 7.25. The molecule has 18 heavy (non-hydrogen) atoms. The Morgan fingerprint density at radius 2 is 2.06 bits per heavy atom. The summed E-state index contributed by atoms with van der Waals surface area (Å²) in [4.78, 5) is 12.7. The molecule has 100 valence electrons. The Morgan fingerprint density at radius 1 is 1.39 bits per heavy atom. The van der Waals surface area contributed by atoms with E-state index in [0.29, 0.717) is 6.54 Å². The molecular weight excluding hydrogens is 230 g/mol. The Hall–Kier alpha value is -1.55. The minimum absolute atomic E-state index is 0.135. The molecule has 0 bridgehead atoms. The van der Waals surface area contributed by atoms with Crippen molar-refractivity contribution in [3.8, 4) is 5.75 Å². The number of benzene rings is 1. The van der Waals surface area contributed by atoms with Crippen LogP contribution in [0.15, 0.2) is 24.3 Å². The molecule has 0 radical (unpaired) electrons. The number of carboxylic acids is 1. The fourth-order valence-corrected chi connectivity index (χ4v) is 1.60. The first-order valence-electron chi connectivity index (χ1n) is 6.08. The highest BCUT2D eigenvalue weighted by molar-refractivity contribution is 5.72. The first kappa shape index (κ1) is 14.5. The molecule has 4 heteroatoms. The van der Waals surface area contributed by atoms with E-state index in [1.54, 1.807) is 18.9 Å². The monoisotopic (exact) mass is 251 g/mol. The average molecular weight is 251 g/mol. The van der Waals surface area contributed by atoms with Gasteiger partial charge in [-0.2, -0.15) is 0 Å². The lowest BCUT2D eigenvalue weighted by Gasteiger charge is -2.21. The Labute approximate surface area is 108 Å². The van der Waals surface area contributed by atoms with Crippen LogP contribution < -0.4 is 4.74 Å². The molecule has 0 aromatic heterocycles. The Bertz CT molecular complexity index is 404. The zero-order chi connectivity index (χ0) is 13.7. The van der Waals surface area contributed by atoms with Gasteiger partial charge in [-0.25, -0.2) is 0 Å². The van der Waals surface area contributed by atoms with Crippen LogP contribution in [0, 0.1) is 0 Å². The third-order valence-electron chi connectivity index (χ3n) is 2.72. The van der Waals surface area contributed by atoms with Crippen molar-refractivity contribution < 1.29 is 14.6 Å². The summed E-state index contributed by atoms with van der Waals surface area (Å²) in [6.45, 7) is 6.22. The molecular formula is C14H21NO3. The van der Waals surface area contributed by atoms with Crippen molar-refractivity contribution >= 4 is 5.97 Å². The van der Waals surface area contributed by atoms with Crippen LogP contribution in [0.4, 0.5) is 0 Å². The second-order valence-electron chi connectivity index (χ2n) is 4.74. The van der Waals surface area contributed by atoms with E-state index in [9.17, 15) is 4.79 Å². The number of carbonyl (C=O) groups is 1. The van der Waals surface area contributed by atoms with Crippen molar-refractivity contribution in [1.29, 1.82) is 0 Å². The third kappa shape index (κ3) is 4.37. The summed E-state index contributed by atoms with van der Waals surface area (Å²) in [5.41, 5.74) is 1.05. The van der Waals surface area contributed by atoms with Gasteiger partial charge in [0.2, 0.25) is 0 Å². The van der Waals surface area contributed by atoms with Crippen LogP contribution in [0.5, 0.6) is 5.75 Å². The van der Waals surface area contributed by atoms with Gasteiger partial charge in [-0.05, 0) is 45.5 Å². The zero-order valence-electron chi connectivity index (χ0n) is 11.4. The highest BCUT2D eigenvalue weighted by Gasteiger charge is 2.16. The first-order valence-corrected chi connectivity index (χ1v) is 6.08. The quantitative estimate of drug-likeness (QED) is 0.843. The molecule has 1 aromatic rings. The predicted molar refractivity (Wildman–Crippen MR) is 70.8 cm³/mol. The van der Waals surface area contributed by atoms with E-state index in [1.165, 1.54) is 0 Å². The van der Waals surface area contributed by atoms with Crippen molar-refractivity contribution in [1.82, 2.24) is 4.90 Å². The number of nitrogens with zero attached hydrogens (tertiary/aromatic N) is 1. The van der Waals surface area contributed by atoms with Gasteiger partial charge in [-0.3, -0.25) is 9.69 Å². The van der Waals surface area contributed by atoms with E-state index >= 15 is 0 Å². The maximum absolute atomic E-state index is 10.9. The number of ether oxygens (including phenoxy) is 1. The van der Waals surface area contributed by atoms with Gasteiger partial charge in [-0.15, -0.1) is 0 Å². The largest absolute Gasteiger partial charge is 0.491 e. The minimum atomic E-state index is -0.813. The van der Waals surface area contributed by atoms with Crippen LogP contribution in [-0.4, -0.2) is 35.2 Å². The fourth-order valence-electron chi connectivity index (χ4n) is 1.60. The van der Waals surface area contributed by atoms with Gasteiger partial charge >= 0.3 is 5.97 Å². The lowest BCUT2D eigenvalue weighted by molar-refractivity contribution is -0.142. The number of hydrogen-bond donors (Lipinski definition) is 1. The molecule has 1 atom stereocenters. The molecule has 0 heterocycles. The maximum atomic E-state index is 10.9. The SMILES string of the molecule is CC(C)Oc1cccc(CN(C)C(C)C(=O)O)c1. The van der Waals surface area contributed by atoms with Crippen LogP contribution in [-0.2, 0) is 11.3 Å². The summed E-state index contributed by atoms with van der Waals surface area (Å²) < 4.78 is 5.61. The van der Waals surface area contributed by atoms with Crippen LogP contribution >= 0.6 is 0 Å².